The zero-order chi connectivity index (χ0) is 60.0. The minimum absolute atomic E-state index is 0.0383. The number of hydrogen-bond donors (Lipinski definition) is 4. The molecule has 5 atom stereocenters. The number of ketones is 3. The zero-order valence-corrected chi connectivity index (χ0v) is 46.4. The Morgan fingerprint density at radius 2 is 0.845 bits per heavy atom. The van der Waals surface area contributed by atoms with Crippen molar-refractivity contribution in [2.45, 2.75) is 116 Å². The van der Waals surface area contributed by atoms with E-state index in [1.807, 2.05) is 13.8 Å². The van der Waals surface area contributed by atoms with Crippen LogP contribution in [0.1, 0.15) is 134 Å². The molecule has 24 heteroatoms. The van der Waals surface area contributed by atoms with Crippen molar-refractivity contribution in [3.8, 4) is 17.2 Å². The summed E-state index contributed by atoms with van der Waals surface area (Å²) >= 11 is 0. The van der Waals surface area contributed by atoms with Gasteiger partial charge in [0, 0.05) is 117 Å². The van der Waals surface area contributed by atoms with E-state index in [1.54, 1.807) is 62.4 Å². The van der Waals surface area contributed by atoms with Crippen LogP contribution in [-0.4, -0.2) is 68.4 Å². The molecule has 440 valence electrons. The summed E-state index contributed by atoms with van der Waals surface area (Å²) in [6, 6.07) is 19.0. The Morgan fingerprint density at radius 3 is 1.23 bits per heavy atom. The van der Waals surface area contributed by atoms with Gasteiger partial charge in [0.2, 0.25) is 0 Å². The molecule has 3 unspecified atom stereocenters. The second-order valence-corrected chi connectivity index (χ2v) is 24.1. The number of nitrogens with zero attached hydrogens (tertiary/aromatic N) is 5. The normalized spacial score (nSPS) is 23.8. The van der Waals surface area contributed by atoms with Crippen LogP contribution < -0.4 is 30.2 Å². The standard InChI is InChI=1S/C60H56F9N9O6/c1-55(2)20-31-43(34(79)23-55)41(29-15-9-12-18-38(29)83-6)47-50(59(64,65)66)77(75-53(47)71-31)27-57(4)22-33-45(36(81)25-57)42(30-16-10-13-19-39(30)84-7)48-51(60(67,68)69)78(76-54(48)72-33)26-56(3)21-32-44(35(80)24-56)40(28-14-8-11-17-37(28)82-5)46-49(58(61,62)63)73-74-52(46)70-32/h8-19,40-42H,20-27H2,1-7H3,(H,71,75)(H,72,76)(H2,70,73,74)/t40?,41-,42+,56?,57?/m0/s1. The van der Waals surface area contributed by atoms with Crippen molar-refractivity contribution in [3.05, 3.63) is 157 Å². The van der Waals surface area contributed by atoms with Crippen LogP contribution in [0.25, 0.3) is 0 Å². The van der Waals surface area contributed by atoms with Gasteiger partial charge >= 0.3 is 18.5 Å². The molecule has 0 spiro atoms. The van der Waals surface area contributed by atoms with Gasteiger partial charge in [-0.05, 0) is 53.7 Å². The van der Waals surface area contributed by atoms with Crippen LogP contribution in [0.4, 0.5) is 57.0 Å². The number of aromatic amines is 1. The van der Waals surface area contributed by atoms with E-state index in [0.717, 1.165) is 9.36 Å². The molecule has 3 aliphatic carbocycles. The first-order chi connectivity index (χ1) is 39.6. The molecule has 6 aliphatic rings. The largest absolute Gasteiger partial charge is 0.496 e. The monoisotopic (exact) mass is 1170 g/mol. The second-order valence-electron chi connectivity index (χ2n) is 24.1. The molecule has 3 aromatic heterocycles. The summed E-state index contributed by atoms with van der Waals surface area (Å²) in [5.74, 6) is -5.88. The number of fused-ring (bicyclic) bond motifs is 3. The summed E-state index contributed by atoms with van der Waals surface area (Å²) in [5.41, 5.74) is -6.64. The van der Waals surface area contributed by atoms with Gasteiger partial charge in [0.15, 0.2) is 34.8 Å². The molecule has 3 aromatic carbocycles. The van der Waals surface area contributed by atoms with Crippen molar-refractivity contribution in [1.82, 2.24) is 29.8 Å². The molecule has 0 fully saturated rings. The number of allylic oxidation sites excluding steroid dienone is 6. The quantitative estimate of drug-likeness (QED) is 0.0955. The molecule has 0 radical (unpaired) electrons. The van der Waals surface area contributed by atoms with Gasteiger partial charge in [-0.2, -0.15) is 54.8 Å². The molecule has 15 nitrogen and oxygen atoms in total. The number of carbonyl (C=O) groups excluding carboxylic acids is 3. The summed E-state index contributed by atoms with van der Waals surface area (Å²) in [5, 5.41) is 24.3. The lowest BCUT2D eigenvalue weighted by Crippen LogP contribution is -2.39. The van der Waals surface area contributed by atoms with Gasteiger partial charge in [0.25, 0.3) is 0 Å². The fraction of sp³-hybridized carbons (Fsp3) is 0.400. The number of hydrogen-bond acceptors (Lipinski definition) is 12. The van der Waals surface area contributed by atoms with Crippen LogP contribution in [0.5, 0.6) is 17.2 Å². The number of rotatable bonds is 10. The molecule has 6 heterocycles. The van der Waals surface area contributed by atoms with Crippen molar-refractivity contribution >= 4 is 34.8 Å². The van der Waals surface area contributed by atoms with Crippen molar-refractivity contribution in [2.75, 3.05) is 37.3 Å². The minimum Gasteiger partial charge on any atom is -0.496 e. The third-order valence-corrected chi connectivity index (χ3v) is 17.1. The topological polar surface area (TPSA) is 179 Å². The molecule has 12 rings (SSSR count). The van der Waals surface area contributed by atoms with Crippen molar-refractivity contribution in [1.29, 1.82) is 0 Å². The average molecular weight is 1170 g/mol. The van der Waals surface area contributed by atoms with Crippen LogP contribution >= 0.6 is 0 Å². The number of anilines is 3. The van der Waals surface area contributed by atoms with E-state index in [4.69, 9.17) is 14.2 Å². The molecule has 4 N–H and O–H groups in total. The highest BCUT2D eigenvalue weighted by Crippen LogP contribution is 2.59. The van der Waals surface area contributed by atoms with Gasteiger partial charge in [-0.1, -0.05) is 82.3 Å². The predicted molar refractivity (Wildman–Crippen MR) is 287 cm³/mol. The summed E-state index contributed by atoms with van der Waals surface area (Å²) in [6.07, 6.45) is -16.0. The number of ether oxygens (including phenoxy) is 3. The second kappa shape index (κ2) is 19.4. The number of methoxy groups -OCH3 is 3. The van der Waals surface area contributed by atoms with E-state index in [2.05, 4.69) is 36.3 Å². The third-order valence-electron chi connectivity index (χ3n) is 17.1. The third kappa shape index (κ3) is 9.20. The number of para-hydroxylation sites is 3. The summed E-state index contributed by atoms with van der Waals surface area (Å²) in [6.45, 7) is 5.85. The Balaban J connectivity index is 0.943. The Kier molecular flexibility index (Phi) is 13.0. The summed E-state index contributed by atoms with van der Waals surface area (Å²) in [4.78, 5) is 44.1. The lowest BCUT2D eigenvalue weighted by molar-refractivity contribution is -0.146. The first kappa shape index (κ1) is 56.2. The van der Waals surface area contributed by atoms with Gasteiger partial charge in [-0.3, -0.25) is 28.8 Å². The van der Waals surface area contributed by atoms with E-state index < -0.39 is 113 Å². The number of carbonyl (C=O) groups is 3. The van der Waals surface area contributed by atoms with Crippen LogP contribution in [0.3, 0.4) is 0 Å². The maximum atomic E-state index is 16.2. The van der Waals surface area contributed by atoms with Crippen LogP contribution in [0.2, 0.25) is 0 Å². The van der Waals surface area contributed by atoms with Crippen LogP contribution in [0, 0.1) is 16.2 Å². The molecule has 0 saturated carbocycles. The molecular weight excluding hydrogens is 1110 g/mol. The molecule has 0 saturated heterocycles. The number of H-pyrrole nitrogens is 1. The number of halogens is 9. The van der Waals surface area contributed by atoms with Crippen molar-refractivity contribution in [2.24, 2.45) is 16.2 Å². The number of benzene rings is 3. The molecule has 0 amide bonds. The Labute approximate surface area is 474 Å². The van der Waals surface area contributed by atoms with Crippen LogP contribution in [-0.2, 0) is 46.0 Å². The molecular formula is C60H56F9N9O6. The first-order valence-electron chi connectivity index (χ1n) is 27.1. The van der Waals surface area contributed by atoms with Gasteiger partial charge < -0.3 is 30.2 Å². The number of nitrogens with one attached hydrogen (secondary N) is 4. The molecule has 0 bridgehead atoms. The fourth-order valence-corrected chi connectivity index (χ4v) is 14.1. The SMILES string of the molecule is COc1ccccc1C1C2=C(CC(C)(Cn3nc4c(c3C(F)(F)F)[C@H](c3ccccc3OC)C3=C(CC(C)(Cn5nc6c(c5C(F)(F)F)[C@@H](c5ccccc5OC)C5=C(CC(C)(C)CC5=O)N6)CC3=O)N4)CC2=O)Nc2n[nH]c(C(F)(F)F)c21. The first-order valence-corrected chi connectivity index (χ1v) is 27.1. The highest BCUT2D eigenvalue weighted by atomic mass is 19.4. The Bertz CT molecular complexity index is 3880. The van der Waals surface area contributed by atoms with E-state index >= 15 is 31.1 Å². The van der Waals surface area contributed by atoms with Gasteiger partial charge in [0.1, 0.15) is 34.3 Å². The van der Waals surface area contributed by atoms with E-state index in [1.165, 1.54) is 45.6 Å². The van der Waals surface area contributed by atoms with Crippen LogP contribution in [0.15, 0.2) is 107 Å². The number of alkyl halides is 9. The zero-order valence-electron chi connectivity index (χ0n) is 46.4. The number of aromatic nitrogens is 6. The molecule has 84 heavy (non-hydrogen) atoms. The highest BCUT2D eigenvalue weighted by Gasteiger charge is 2.55. The van der Waals surface area contributed by atoms with E-state index in [9.17, 15) is 22.8 Å². The summed E-state index contributed by atoms with van der Waals surface area (Å²) in [7, 11) is 4.03. The fourth-order valence-electron chi connectivity index (χ4n) is 14.1. The smallest absolute Gasteiger partial charge is 0.433 e. The van der Waals surface area contributed by atoms with Crippen molar-refractivity contribution in [3.63, 3.8) is 0 Å². The Hall–Kier alpha value is -8.31. The van der Waals surface area contributed by atoms with Gasteiger partial charge in [-0.25, -0.2) is 0 Å². The lowest BCUT2D eigenvalue weighted by Gasteiger charge is -2.40. The van der Waals surface area contributed by atoms with Crippen molar-refractivity contribution < 1.29 is 68.1 Å². The molecule has 3 aliphatic heterocycles. The summed E-state index contributed by atoms with van der Waals surface area (Å²) < 4.78 is 159. The minimum atomic E-state index is -5.18. The maximum absolute atomic E-state index is 16.2. The molecule has 6 aromatic rings. The maximum Gasteiger partial charge on any atom is 0.433 e. The van der Waals surface area contributed by atoms with Gasteiger partial charge in [0.05, 0.1) is 21.3 Å². The van der Waals surface area contributed by atoms with E-state index in [0.29, 0.717) is 17.7 Å². The highest BCUT2D eigenvalue weighted by molar-refractivity contribution is 6.04. The average Bonchev–Trinajstić information content (AvgIpc) is 1.58. The number of Topliss-reactive ketones (excluding diaryl/α,β-unsaturated/α-hetero) is 3. The van der Waals surface area contributed by atoms with E-state index in [-0.39, 0.29) is 110 Å². The Morgan fingerprint density at radius 1 is 0.488 bits per heavy atom. The lowest BCUT2D eigenvalue weighted by atomic mass is 9.67. The predicted octanol–water partition coefficient (Wildman–Crippen LogP) is 12.8. The van der Waals surface area contributed by atoms with Gasteiger partial charge in [-0.15, -0.1) is 0 Å².